The largest absolute Gasteiger partial charge is 0.362 e. The Balaban J connectivity index is 1.56. The summed E-state index contributed by atoms with van der Waals surface area (Å²) in [4.78, 5) is 14.0. The number of carbonyl (C=O) groups is 1. The molecule has 1 fully saturated rings. The predicted molar refractivity (Wildman–Crippen MR) is 121 cm³/mol. The first kappa shape index (κ1) is 20.3. The van der Waals surface area contributed by atoms with Gasteiger partial charge in [-0.25, -0.2) is 0 Å². The van der Waals surface area contributed by atoms with Crippen molar-refractivity contribution in [1.82, 2.24) is 5.32 Å². The molecular weight excluding hydrogens is 366 g/mol. The molecule has 1 aliphatic rings. The number of hydrogen-bond donors (Lipinski definition) is 2. The van der Waals surface area contributed by atoms with Crippen molar-refractivity contribution in [3.8, 4) is 0 Å². The Morgan fingerprint density at radius 1 is 1.21 bits per heavy atom. The maximum absolute atomic E-state index is 12.1. The number of amides is 1. The molecule has 2 aromatic rings. The van der Waals surface area contributed by atoms with Crippen LogP contribution in [0.2, 0.25) is 0 Å². The van der Waals surface area contributed by atoms with Crippen molar-refractivity contribution in [2.75, 3.05) is 23.3 Å². The van der Waals surface area contributed by atoms with Gasteiger partial charge in [0, 0.05) is 30.9 Å². The quantitative estimate of drug-likeness (QED) is 0.668. The number of hydrogen-bond acceptors (Lipinski definition) is 2. The molecule has 0 aromatic heterocycles. The SMILES string of the molecule is CC[C@@H](CNC(=S)Nc1ccc(C)c(N2CCCC2=O)c1)Cc1ccccc1. The zero-order valence-corrected chi connectivity index (χ0v) is 17.5. The number of nitrogens with zero attached hydrogens (tertiary/aromatic N) is 1. The lowest BCUT2D eigenvalue weighted by molar-refractivity contribution is -0.117. The molecule has 1 aliphatic heterocycles. The standard InChI is InChI=1S/C23H29N3OS/c1-3-18(14-19-8-5-4-6-9-19)16-24-23(28)25-20-12-11-17(2)21(15-20)26-13-7-10-22(26)27/h4-6,8-9,11-12,15,18H,3,7,10,13-14,16H2,1-2H3,(H2,24,25,28)/t18-/m1/s1. The number of anilines is 2. The molecule has 0 unspecified atom stereocenters. The molecule has 1 atom stereocenters. The van der Waals surface area contributed by atoms with Crippen molar-refractivity contribution in [3.05, 3.63) is 59.7 Å². The van der Waals surface area contributed by atoms with Gasteiger partial charge in [0.2, 0.25) is 5.91 Å². The van der Waals surface area contributed by atoms with E-state index in [-0.39, 0.29) is 5.91 Å². The molecule has 1 heterocycles. The second-order valence-electron chi connectivity index (χ2n) is 7.45. The third-order valence-corrected chi connectivity index (χ3v) is 5.57. The van der Waals surface area contributed by atoms with E-state index in [1.807, 2.05) is 36.1 Å². The van der Waals surface area contributed by atoms with Gasteiger partial charge in [-0.05, 0) is 61.2 Å². The summed E-state index contributed by atoms with van der Waals surface area (Å²) >= 11 is 5.50. The predicted octanol–water partition coefficient (Wildman–Crippen LogP) is 4.68. The van der Waals surface area contributed by atoms with Crippen molar-refractivity contribution in [2.24, 2.45) is 5.92 Å². The zero-order chi connectivity index (χ0) is 19.9. The highest BCUT2D eigenvalue weighted by Crippen LogP contribution is 2.28. The number of rotatable bonds is 7. The lowest BCUT2D eigenvalue weighted by Crippen LogP contribution is -2.33. The van der Waals surface area contributed by atoms with Crippen LogP contribution < -0.4 is 15.5 Å². The van der Waals surface area contributed by atoms with Gasteiger partial charge in [0.15, 0.2) is 5.11 Å². The topological polar surface area (TPSA) is 44.4 Å². The van der Waals surface area contributed by atoms with Crippen molar-refractivity contribution < 1.29 is 4.79 Å². The lowest BCUT2D eigenvalue weighted by Gasteiger charge is -2.21. The van der Waals surface area contributed by atoms with Crippen LogP contribution in [0.4, 0.5) is 11.4 Å². The number of aryl methyl sites for hydroxylation is 1. The molecule has 0 bridgehead atoms. The Kier molecular flexibility index (Phi) is 7.04. The maximum Gasteiger partial charge on any atom is 0.227 e. The molecule has 2 aromatic carbocycles. The van der Waals surface area contributed by atoms with Crippen LogP contribution in [-0.4, -0.2) is 24.1 Å². The highest BCUT2D eigenvalue weighted by molar-refractivity contribution is 7.80. The summed E-state index contributed by atoms with van der Waals surface area (Å²) in [5, 5.41) is 7.25. The number of nitrogens with one attached hydrogen (secondary N) is 2. The van der Waals surface area contributed by atoms with Crippen LogP contribution in [0.25, 0.3) is 0 Å². The molecule has 4 nitrogen and oxygen atoms in total. The molecular formula is C23H29N3OS. The molecule has 0 radical (unpaired) electrons. The third kappa shape index (κ3) is 5.32. The minimum Gasteiger partial charge on any atom is -0.362 e. The Morgan fingerprint density at radius 3 is 2.68 bits per heavy atom. The highest BCUT2D eigenvalue weighted by Gasteiger charge is 2.23. The van der Waals surface area contributed by atoms with Crippen molar-refractivity contribution in [3.63, 3.8) is 0 Å². The van der Waals surface area contributed by atoms with Crippen LogP contribution in [0, 0.1) is 12.8 Å². The molecule has 0 aliphatic carbocycles. The lowest BCUT2D eigenvalue weighted by atomic mass is 9.97. The van der Waals surface area contributed by atoms with E-state index in [2.05, 4.69) is 41.8 Å². The van der Waals surface area contributed by atoms with E-state index in [1.165, 1.54) is 5.56 Å². The Bertz CT molecular complexity index is 822. The fourth-order valence-electron chi connectivity index (χ4n) is 3.60. The molecule has 1 amide bonds. The minimum atomic E-state index is 0.202. The van der Waals surface area contributed by atoms with E-state index in [4.69, 9.17) is 12.2 Å². The maximum atomic E-state index is 12.1. The van der Waals surface area contributed by atoms with Crippen LogP contribution >= 0.6 is 12.2 Å². The molecule has 5 heteroatoms. The Morgan fingerprint density at radius 2 is 2.00 bits per heavy atom. The molecule has 2 N–H and O–H groups in total. The van der Waals surface area contributed by atoms with E-state index in [1.54, 1.807) is 0 Å². The van der Waals surface area contributed by atoms with Gasteiger partial charge in [0.05, 0.1) is 0 Å². The van der Waals surface area contributed by atoms with Crippen LogP contribution in [0.1, 0.15) is 37.3 Å². The highest BCUT2D eigenvalue weighted by atomic mass is 32.1. The van der Waals surface area contributed by atoms with E-state index in [0.29, 0.717) is 17.5 Å². The first-order chi connectivity index (χ1) is 13.6. The van der Waals surface area contributed by atoms with Gasteiger partial charge >= 0.3 is 0 Å². The smallest absolute Gasteiger partial charge is 0.227 e. The summed E-state index contributed by atoms with van der Waals surface area (Å²) < 4.78 is 0. The second-order valence-corrected chi connectivity index (χ2v) is 7.86. The normalized spacial score (nSPS) is 14.8. The average molecular weight is 396 g/mol. The Labute approximate surface area is 173 Å². The summed E-state index contributed by atoms with van der Waals surface area (Å²) in [5.41, 5.74) is 4.35. The summed E-state index contributed by atoms with van der Waals surface area (Å²) in [5.74, 6) is 0.727. The van der Waals surface area contributed by atoms with Gasteiger partial charge in [0.1, 0.15) is 0 Å². The van der Waals surface area contributed by atoms with Crippen LogP contribution in [-0.2, 0) is 11.2 Å². The summed E-state index contributed by atoms with van der Waals surface area (Å²) in [6, 6.07) is 16.6. The van der Waals surface area contributed by atoms with Gasteiger partial charge in [-0.15, -0.1) is 0 Å². The summed E-state index contributed by atoms with van der Waals surface area (Å²) in [6.45, 7) is 5.88. The third-order valence-electron chi connectivity index (χ3n) is 5.33. The van der Waals surface area contributed by atoms with E-state index < -0.39 is 0 Å². The van der Waals surface area contributed by atoms with Gasteiger partial charge in [-0.3, -0.25) is 4.79 Å². The first-order valence-corrected chi connectivity index (χ1v) is 10.5. The van der Waals surface area contributed by atoms with Crippen molar-refractivity contribution in [1.29, 1.82) is 0 Å². The number of carbonyl (C=O) groups excluding carboxylic acids is 1. The van der Waals surface area contributed by atoms with Gasteiger partial charge in [-0.1, -0.05) is 49.7 Å². The first-order valence-electron chi connectivity index (χ1n) is 10.1. The average Bonchev–Trinajstić information content (AvgIpc) is 3.13. The van der Waals surface area contributed by atoms with Gasteiger partial charge in [-0.2, -0.15) is 0 Å². The molecule has 0 spiro atoms. The molecule has 3 rings (SSSR count). The van der Waals surface area contributed by atoms with E-state index >= 15 is 0 Å². The van der Waals surface area contributed by atoms with Gasteiger partial charge < -0.3 is 15.5 Å². The number of benzene rings is 2. The van der Waals surface area contributed by atoms with Crippen molar-refractivity contribution >= 4 is 34.6 Å². The van der Waals surface area contributed by atoms with Crippen LogP contribution in [0.5, 0.6) is 0 Å². The fraction of sp³-hybridized carbons (Fsp3) is 0.391. The van der Waals surface area contributed by atoms with E-state index in [9.17, 15) is 4.79 Å². The Hall–Kier alpha value is -2.40. The molecule has 1 saturated heterocycles. The monoisotopic (exact) mass is 395 g/mol. The second kappa shape index (κ2) is 9.69. The van der Waals surface area contributed by atoms with Crippen LogP contribution in [0.15, 0.2) is 48.5 Å². The number of thiocarbonyl (C=S) groups is 1. The fourth-order valence-corrected chi connectivity index (χ4v) is 3.80. The minimum absolute atomic E-state index is 0.202. The van der Waals surface area contributed by atoms with E-state index in [0.717, 1.165) is 49.3 Å². The summed E-state index contributed by atoms with van der Waals surface area (Å²) in [7, 11) is 0. The molecule has 28 heavy (non-hydrogen) atoms. The summed E-state index contributed by atoms with van der Waals surface area (Å²) in [6.07, 6.45) is 3.70. The molecule has 148 valence electrons. The van der Waals surface area contributed by atoms with Gasteiger partial charge in [0.25, 0.3) is 0 Å². The zero-order valence-electron chi connectivity index (χ0n) is 16.7. The molecule has 0 saturated carbocycles. The van der Waals surface area contributed by atoms with Crippen molar-refractivity contribution in [2.45, 2.75) is 39.5 Å². The van der Waals surface area contributed by atoms with Crippen LogP contribution in [0.3, 0.4) is 0 Å².